The van der Waals surface area contributed by atoms with Gasteiger partial charge in [-0.1, -0.05) is 29.0 Å². The normalized spacial score (nSPS) is 10.2. The number of nitrogens with two attached hydrogens (primary N) is 1. The second kappa shape index (κ2) is 5.90. The van der Waals surface area contributed by atoms with Crippen molar-refractivity contribution in [3.05, 3.63) is 34.2 Å². The summed E-state index contributed by atoms with van der Waals surface area (Å²) in [5.41, 5.74) is 6.35. The molecule has 2 rings (SSSR count). The van der Waals surface area contributed by atoms with Crippen LogP contribution >= 0.6 is 22.9 Å². The molecule has 1 aromatic heterocycles. The van der Waals surface area contributed by atoms with E-state index in [1.165, 1.54) is 11.3 Å². The molecule has 0 saturated carbocycles. The Morgan fingerprint density at radius 3 is 3.00 bits per heavy atom. The number of anilines is 3. The Hall–Kier alpha value is -1.79. The van der Waals surface area contributed by atoms with E-state index in [9.17, 15) is 4.79 Å². The Labute approximate surface area is 119 Å². The zero-order chi connectivity index (χ0) is 13.8. The summed E-state index contributed by atoms with van der Waals surface area (Å²) in [6.45, 7) is 2.67. The average Bonchev–Trinajstić information content (AvgIpc) is 2.71. The highest BCUT2D eigenvalue weighted by molar-refractivity contribution is 7.18. The summed E-state index contributed by atoms with van der Waals surface area (Å²) in [6.07, 6.45) is 0. The highest BCUT2D eigenvalue weighted by atomic mass is 35.5. The Bertz CT molecular complexity index is 599. The fraction of sp³-hybridized carbons (Fsp3) is 0.167. The zero-order valence-corrected chi connectivity index (χ0v) is 11.8. The van der Waals surface area contributed by atoms with Crippen molar-refractivity contribution in [1.29, 1.82) is 0 Å². The van der Waals surface area contributed by atoms with Crippen LogP contribution in [0.4, 0.5) is 16.6 Å². The molecule has 0 atom stereocenters. The van der Waals surface area contributed by atoms with Crippen LogP contribution in [0, 0.1) is 0 Å². The highest BCUT2D eigenvalue weighted by Gasteiger charge is 2.16. The molecule has 0 saturated heterocycles. The topological polar surface area (TPSA) is 80.0 Å². The van der Waals surface area contributed by atoms with Gasteiger partial charge in [0.2, 0.25) is 0 Å². The van der Waals surface area contributed by atoms with Crippen molar-refractivity contribution in [3.8, 4) is 0 Å². The molecule has 19 heavy (non-hydrogen) atoms. The SMILES string of the molecule is CCNc1nc(N)c(C(=O)Nc2cccc(Cl)c2)s1. The number of hydrogen-bond donors (Lipinski definition) is 3. The lowest BCUT2D eigenvalue weighted by Gasteiger charge is -2.03. The second-order valence-corrected chi connectivity index (χ2v) is 5.16. The van der Waals surface area contributed by atoms with Gasteiger partial charge >= 0.3 is 0 Å². The molecule has 5 nitrogen and oxygen atoms in total. The lowest BCUT2D eigenvalue weighted by atomic mass is 10.3. The maximum atomic E-state index is 12.1. The molecule has 1 aromatic carbocycles. The molecule has 0 aliphatic carbocycles. The monoisotopic (exact) mass is 296 g/mol. The summed E-state index contributed by atoms with van der Waals surface area (Å²) in [6, 6.07) is 6.92. The molecular formula is C12H13ClN4OS. The van der Waals surface area contributed by atoms with E-state index >= 15 is 0 Å². The van der Waals surface area contributed by atoms with Crippen LogP contribution in [0.15, 0.2) is 24.3 Å². The van der Waals surface area contributed by atoms with E-state index in [0.717, 1.165) is 6.54 Å². The van der Waals surface area contributed by atoms with Crippen LogP contribution in [0.25, 0.3) is 0 Å². The van der Waals surface area contributed by atoms with E-state index in [0.29, 0.717) is 20.7 Å². The Morgan fingerprint density at radius 1 is 1.53 bits per heavy atom. The van der Waals surface area contributed by atoms with Gasteiger partial charge in [-0.25, -0.2) is 4.98 Å². The predicted molar refractivity (Wildman–Crippen MR) is 80.1 cm³/mol. The van der Waals surface area contributed by atoms with E-state index in [4.69, 9.17) is 17.3 Å². The van der Waals surface area contributed by atoms with Gasteiger partial charge in [-0.05, 0) is 25.1 Å². The second-order valence-electron chi connectivity index (χ2n) is 3.73. The predicted octanol–water partition coefficient (Wildman–Crippen LogP) is 3.06. The molecule has 0 bridgehead atoms. The lowest BCUT2D eigenvalue weighted by molar-refractivity contribution is 0.103. The van der Waals surface area contributed by atoms with Crippen LogP contribution < -0.4 is 16.4 Å². The molecule has 2 aromatic rings. The molecule has 1 amide bonds. The van der Waals surface area contributed by atoms with Crippen molar-refractivity contribution in [2.75, 3.05) is 22.9 Å². The largest absolute Gasteiger partial charge is 0.382 e. The molecule has 0 radical (unpaired) electrons. The van der Waals surface area contributed by atoms with Crippen molar-refractivity contribution in [2.45, 2.75) is 6.92 Å². The first kappa shape index (κ1) is 13.6. The molecule has 0 aliphatic heterocycles. The van der Waals surface area contributed by atoms with Gasteiger partial charge in [0.15, 0.2) is 5.13 Å². The molecule has 1 heterocycles. The van der Waals surface area contributed by atoms with Crippen molar-refractivity contribution in [3.63, 3.8) is 0 Å². The third-order valence-corrected chi connectivity index (χ3v) is 3.53. The number of benzene rings is 1. The Balaban J connectivity index is 2.15. The molecule has 0 spiro atoms. The van der Waals surface area contributed by atoms with Gasteiger partial charge in [0.1, 0.15) is 10.7 Å². The number of carbonyl (C=O) groups excluding carboxylic acids is 1. The zero-order valence-electron chi connectivity index (χ0n) is 10.2. The molecule has 0 aliphatic rings. The summed E-state index contributed by atoms with van der Waals surface area (Å²) >= 11 is 7.08. The number of thiazole rings is 1. The number of halogens is 1. The van der Waals surface area contributed by atoms with Gasteiger partial charge in [-0.3, -0.25) is 4.79 Å². The van der Waals surface area contributed by atoms with E-state index in [2.05, 4.69) is 15.6 Å². The first-order chi connectivity index (χ1) is 9.10. The van der Waals surface area contributed by atoms with Crippen molar-refractivity contribution in [1.82, 2.24) is 4.98 Å². The molecule has 100 valence electrons. The standard InChI is InChI=1S/C12H13ClN4OS/c1-2-15-12-17-10(14)9(19-12)11(18)16-8-5-3-4-7(13)6-8/h3-6H,2,14H2,1H3,(H,15,17)(H,16,18). The van der Waals surface area contributed by atoms with Crippen molar-refractivity contribution in [2.24, 2.45) is 0 Å². The number of amides is 1. The van der Waals surface area contributed by atoms with E-state index in [-0.39, 0.29) is 11.7 Å². The quantitative estimate of drug-likeness (QED) is 0.810. The summed E-state index contributed by atoms with van der Waals surface area (Å²) in [5.74, 6) is -0.0677. The maximum Gasteiger partial charge on any atom is 0.269 e. The van der Waals surface area contributed by atoms with E-state index in [1.54, 1.807) is 24.3 Å². The van der Waals surface area contributed by atoms with Crippen molar-refractivity contribution < 1.29 is 4.79 Å². The Morgan fingerprint density at radius 2 is 2.32 bits per heavy atom. The van der Waals surface area contributed by atoms with E-state index < -0.39 is 0 Å². The number of nitrogens with zero attached hydrogens (tertiary/aromatic N) is 1. The average molecular weight is 297 g/mol. The molecular weight excluding hydrogens is 284 g/mol. The fourth-order valence-corrected chi connectivity index (χ4v) is 2.51. The minimum Gasteiger partial charge on any atom is -0.382 e. The van der Waals surface area contributed by atoms with Gasteiger partial charge in [0, 0.05) is 17.3 Å². The number of hydrogen-bond acceptors (Lipinski definition) is 5. The number of nitrogens with one attached hydrogen (secondary N) is 2. The van der Waals surface area contributed by atoms with Gasteiger partial charge in [0.05, 0.1) is 0 Å². The van der Waals surface area contributed by atoms with Crippen LogP contribution in [0.2, 0.25) is 5.02 Å². The van der Waals surface area contributed by atoms with Gasteiger partial charge in [-0.15, -0.1) is 0 Å². The summed E-state index contributed by atoms with van der Waals surface area (Å²) in [7, 11) is 0. The first-order valence-corrected chi connectivity index (χ1v) is 6.86. The van der Waals surface area contributed by atoms with Crippen LogP contribution in [0.5, 0.6) is 0 Å². The van der Waals surface area contributed by atoms with Crippen LogP contribution in [0.1, 0.15) is 16.6 Å². The summed E-state index contributed by atoms with van der Waals surface area (Å²) < 4.78 is 0. The third kappa shape index (κ3) is 3.36. The van der Waals surface area contributed by atoms with E-state index in [1.807, 2.05) is 6.92 Å². The lowest BCUT2D eigenvalue weighted by Crippen LogP contribution is -2.12. The third-order valence-electron chi connectivity index (χ3n) is 2.27. The van der Waals surface area contributed by atoms with Gasteiger partial charge < -0.3 is 16.4 Å². The Kier molecular flexibility index (Phi) is 4.24. The number of carbonyl (C=O) groups is 1. The minimum atomic E-state index is -0.290. The first-order valence-electron chi connectivity index (χ1n) is 5.67. The minimum absolute atomic E-state index is 0.223. The molecule has 0 unspecified atom stereocenters. The molecule has 7 heteroatoms. The van der Waals surface area contributed by atoms with Crippen molar-refractivity contribution >= 4 is 45.5 Å². The van der Waals surface area contributed by atoms with Gasteiger partial charge in [-0.2, -0.15) is 0 Å². The highest BCUT2D eigenvalue weighted by Crippen LogP contribution is 2.26. The number of aromatic nitrogens is 1. The molecule has 4 N–H and O–H groups in total. The van der Waals surface area contributed by atoms with Crippen LogP contribution in [-0.4, -0.2) is 17.4 Å². The summed E-state index contributed by atoms with van der Waals surface area (Å²) in [5, 5.41) is 6.95. The molecule has 0 fully saturated rings. The maximum absolute atomic E-state index is 12.1. The van der Waals surface area contributed by atoms with Crippen LogP contribution in [0.3, 0.4) is 0 Å². The number of nitrogen functional groups attached to an aromatic ring is 1. The van der Waals surface area contributed by atoms with Crippen LogP contribution in [-0.2, 0) is 0 Å². The smallest absolute Gasteiger partial charge is 0.269 e. The fourth-order valence-electron chi connectivity index (χ4n) is 1.48. The van der Waals surface area contributed by atoms with Gasteiger partial charge in [0.25, 0.3) is 5.91 Å². The number of rotatable bonds is 4. The summed E-state index contributed by atoms with van der Waals surface area (Å²) in [4.78, 5) is 16.5.